The topological polar surface area (TPSA) is 32.8 Å². The van der Waals surface area contributed by atoms with Crippen LogP contribution >= 0.6 is 11.6 Å². The van der Waals surface area contributed by atoms with E-state index >= 15 is 0 Å². The molecule has 0 aliphatic carbocycles. The van der Waals surface area contributed by atoms with Crippen molar-refractivity contribution >= 4 is 17.5 Å². The molecule has 2 heterocycles. The molecule has 160 valence electrons. The Kier molecular flexibility index (Phi) is 6.59. The molecule has 0 unspecified atom stereocenters. The molecule has 0 radical (unpaired) electrons. The molecule has 0 bridgehead atoms. The molecule has 2 aromatic rings. The van der Waals surface area contributed by atoms with Crippen LogP contribution in [-0.2, 0) is 11.3 Å². The monoisotopic (exact) mass is 430 g/mol. The van der Waals surface area contributed by atoms with Gasteiger partial charge in [0.25, 0.3) is 5.91 Å². The highest BCUT2D eigenvalue weighted by Gasteiger charge is 2.42. The van der Waals surface area contributed by atoms with Crippen LogP contribution in [0.25, 0.3) is 0 Å². The summed E-state index contributed by atoms with van der Waals surface area (Å²) in [6.45, 7) is 3.45. The molecule has 2 saturated heterocycles. The van der Waals surface area contributed by atoms with E-state index in [-0.39, 0.29) is 23.9 Å². The van der Waals surface area contributed by atoms with Crippen molar-refractivity contribution in [2.45, 2.75) is 44.2 Å². The summed E-state index contributed by atoms with van der Waals surface area (Å²) in [6.07, 6.45) is 5.38. The SMILES string of the molecule is O=C(COc1cccc(Cl)c1)N1CCC[C@]2(CCCN2Cc2ccc(F)cc2)CC1. The molecule has 0 aromatic heterocycles. The first kappa shape index (κ1) is 21.1. The third kappa shape index (κ3) is 4.96. The molecule has 2 fully saturated rings. The highest BCUT2D eigenvalue weighted by molar-refractivity contribution is 6.30. The van der Waals surface area contributed by atoms with Gasteiger partial charge in [-0.25, -0.2) is 4.39 Å². The summed E-state index contributed by atoms with van der Waals surface area (Å²) in [4.78, 5) is 17.2. The van der Waals surface area contributed by atoms with Gasteiger partial charge in [-0.15, -0.1) is 0 Å². The lowest BCUT2D eigenvalue weighted by Gasteiger charge is -2.38. The molecule has 1 spiro atoms. The van der Waals surface area contributed by atoms with Gasteiger partial charge in [0.15, 0.2) is 6.61 Å². The molecule has 4 nitrogen and oxygen atoms in total. The van der Waals surface area contributed by atoms with E-state index in [1.807, 2.05) is 29.2 Å². The third-order valence-corrected chi connectivity index (χ3v) is 6.69. The van der Waals surface area contributed by atoms with E-state index in [4.69, 9.17) is 16.3 Å². The van der Waals surface area contributed by atoms with Gasteiger partial charge in [-0.1, -0.05) is 29.8 Å². The molecule has 1 atom stereocenters. The first-order chi connectivity index (χ1) is 14.5. The predicted molar refractivity (Wildman–Crippen MR) is 116 cm³/mol. The second-order valence-corrected chi connectivity index (χ2v) is 8.79. The smallest absolute Gasteiger partial charge is 0.260 e. The van der Waals surface area contributed by atoms with Gasteiger partial charge in [-0.05, 0) is 74.5 Å². The molecule has 1 amide bonds. The summed E-state index contributed by atoms with van der Waals surface area (Å²) in [5.74, 6) is 0.442. The lowest BCUT2D eigenvalue weighted by atomic mass is 9.87. The Morgan fingerprint density at radius 2 is 1.80 bits per heavy atom. The zero-order valence-electron chi connectivity index (χ0n) is 17.2. The second-order valence-electron chi connectivity index (χ2n) is 8.36. The van der Waals surface area contributed by atoms with Gasteiger partial charge in [0.05, 0.1) is 0 Å². The number of hydrogen-bond acceptors (Lipinski definition) is 3. The van der Waals surface area contributed by atoms with Crippen LogP contribution in [0.1, 0.15) is 37.7 Å². The van der Waals surface area contributed by atoms with Crippen molar-refractivity contribution in [1.82, 2.24) is 9.80 Å². The number of nitrogens with zero attached hydrogens (tertiary/aromatic N) is 2. The lowest BCUT2D eigenvalue weighted by molar-refractivity contribution is -0.133. The number of hydrogen-bond donors (Lipinski definition) is 0. The van der Waals surface area contributed by atoms with Crippen LogP contribution in [0, 0.1) is 5.82 Å². The maximum absolute atomic E-state index is 13.2. The summed E-state index contributed by atoms with van der Waals surface area (Å²) in [5, 5.41) is 0.596. The molecule has 0 N–H and O–H groups in total. The molecular formula is C24H28ClFN2O2. The number of amides is 1. The zero-order valence-corrected chi connectivity index (χ0v) is 17.9. The third-order valence-electron chi connectivity index (χ3n) is 6.46. The first-order valence-electron chi connectivity index (χ1n) is 10.7. The summed E-state index contributed by atoms with van der Waals surface area (Å²) in [6, 6.07) is 13.9. The minimum absolute atomic E-state index is 0.0232. The normalized spacial score (nSPS) is 22.3. The Bertz CT molecular complexity index is 876. The summed E-state index contributed by atoms with van der Waals surface area (Å²) >= 11 is 5.98. The highest BCUT2D eigenvalue weighted by Crippen LogP contribution is 2.39. The lowest BCUT2D eigenvalue weighted by Crippen LogP contribution is -2.44. The molecule has 2 aliphatic heterocycles. The van der Waals surface area contributed by atoms with Crippen molar-refractivity contribution in [3.8, 4) is 5.75 Å². The van der Waals surface area contributed by atoms with Crippen LogP contribution in [0.3, 0.4) is 0 Å². The van der Waals surface area contributed by atoms with E-state index in [1.165, 1.54) is 18.6 Å². The minimum Gasteiger partial charge on any atom is -0.484 e. The quantitative estimate of drug-likeness (QED) is 0.676. The maximum atomic E-state index is 13.2. The van der Waals surface area contributed by atoms with Crippen LogP contribution in [0.4, 0.5) is 4.39 Å². The molecule has 2 aliphatic rings. The van der Waals surface area contributed by atoms with E-state index in [0.717, 1.165) is 57.4 Å². The largest absolute Gasteiger partial charge is 0.484 e. The van der Waals surface area contributed by atoms with Crippen molar-refractivity contribution in [2.75, 3.05) is 26.2 Å². The van der Waals surface area contributed by atoms with Gasteiger partial charge < -0.3 is 9.64 Å². The highest BCUT2D eigenvalue weighted by atomic mass is 35.5. The second kappa shape index (κ2) is 9.36. The molecule has 4 rings (SSSR count). The average Bonchev–Trinajstić information content (AvgIpc) is 2.98. The standard InChI is InChI=1S/C24H28ClFN2O2/c25-20-4-1-5-22(16-20)30-18-23(29)27-13-2-10-24(12-15-27)11-3-14-28(24)17-19-6-8-21(26)9-7-19/h1,4-9,16H,2-3,10-15,17-18H2/t24-/m0/s1. The number of benzene rings is 2. The number of halogens is 2. The molecule has 0 saturated carbocycles. The van der Waals surface area contributed by atoms with Crippen LogP contribution in [0.5, 0.6) is 5.75 Å². The van der Waals surface area contributed by atoms with Crippen LogP contribution in [-0.4, -0.2) is 47.5 Å². The molecule has 2 aromatic carbocycles. The predicted octanol–water partition coefficient (Wildman–Crippen LogP) is 4.91. The van der Waals surface area contributed by atoms with Crippen LogP contribution < -0.4 is 4.74 Å². The van der Waals surface area contributed by atoms with Gasteiger partial charge in [0.2, 0.25) is 0 Å². The van der Waals surface area contributed by atoms with Gasteiger partial charge in [-0.2, -0.15) is 0 Å². The zero-order chi connectivity index (χ0) is 21.0. The summed E-state index contributed by atoms with van der Waals surface area (Å²) < 4.78 is 18.9. The fourth-order valence-electron chi connectivity index (χ4n) is 4.84. The Balaban J connectivity index is 1.35. The number of carbonyl (C=O) groups excluding carboxylic acids is 1. The molecule has 6 heteroatoms. The van der Waals surface area contributed by atoms with Gasteiger partial charge >= 0.3 is 0 Å². The van der Waals surface area contributed by atoms with Gasteiger partial charge in [-0.3, -0.25) is 9.69 Å². The van der Waals surface area contributed by atoms with E-state index < -0.39 is 0 Å². The minimum atomic E-state index is -0.196. The van der Waals surface area contributed by atoms with Crippen molar-refractivity contribution in [2.24, 2.45) is 0 Å². The molecule has 30 heavy (non-hydrogen) atoms. The Morgan fingerprint density at radius 3 is 2.57 bits per heavy atom. The molecular weight excluding hydrogens is 403 g/mol. The maximum Gasteiger partial charge on any atom is 0.260 e. The first-order valence-corrected chi connectivity index (χ1v) is 11.1. The average molecular weight is 431 g/mol. The van der Waals surface area contributed by atoms with Crippen molar-refractivity contribution in [3.05, 3.63) is 64.9 Å². The van der Waals surface area contributed by atoms with Crippen molar-refractivity contribution in [3.63, 3.8) is 0 Å². The van der Waals surface area contributed by atoms with E-state index in [0.29, 0.717) is 10.8 Å². The van der Waals surface area contributed by atoms with Crippen molar-refractivity contribution in [1.29, 1.82) is 0 Å². The van der Waals surface area contributed by atoms with Crippen molar-refractivity contribution < 1.29 is 13.9 Å². The Labute approximate surface area is 182 Å². The van der Waals surface area contributed by atoms with Gasteiger partial charge in [0, 0.05) is 30.2 Å². The summed E-state index contributed by atoms with van der Waals surface area (Å²) in [7, 11) is 0. The van der Waals surface area contributed by atoms with E-state index in [2.05, 4.69) is 4.90 Å². The fourth-order valence-corrected chi connectivity index (χ4v) is 5.02. The van der Waals surface area contributed by atoms with E-state index in [9.17, 15) is 9.18 Å². The van der Waals surface area contributed by atoms with Crippen LogP contribution in [0.2, 0.25) is 5.02 Å². The van der Waals surface area contributed by atoms with Gasteiger partial charge in [0.1, 0.15) is 11.6 Å². The summed E-state index contributed by atoms with van der Waals surface area (Å²) in [5.41, 5.74) is 1.28. The van der Waals surface area contributed by atoms with Crippen LogP contribution in [0.15, 0.2) is 48.5 Å². The van der Waals surface area contributed by atoms with E-state index in [1.54, 1.807) is 12.1 Å². The number of rotatable bonds is 5. The Morgan fingerprint density at radius 1 is 1.03 bits per heavy atom. The number of carbonyl (C=O) groups is 1. The number of likely N-dealkylation sites (tertiary alicyclic amines) is 2. The fraction of sp³-hybridized carbons (Fsp3) is 0.458. The number of ether oxygens (including phenoxy) is 1. The Hall–Kier alpha value is -2.11.